The standard InChI is InChI=1S/C9H11N3O/c10-12-11-7-9(13)6-8-4-2-1-3-5-8/h1-5,9,13H,6-7H2/t9-/m1/s1. The molecule has 0 aromatic heterocycles. The van der Waals surface area contributed by atoms with Crippen molar-refractivity contribution in [1.82, 2.24) is 0 Å². The van der Waals surface area contributed by atoms with Gasteiger partial charge >= 0.3 is 0 Å². The van der Waals surface area contributed by atoms with E-state index >= 15 is 0 Å². The lowest BCUT2D eigenvalue weighted by molar-refractivity contribution is 0.183. The minimum atomic E-state index is -0.585. The molecule has 0 aliphatic carbocycles. The van der Waals surface area contributed by atoms with Crippen molar-refractivity contribution >= 4 is 0 Å². The van der Waals surface area contributed by atoms with Crippen molar-refractivity contribution < 1.29 is 5.11 Å². The zero-order valence-electron chi connectivity index (χ0n) is 7.17. The molecular formula is C9H11N3O. The molecule has 0 unspecified atom stereocenters. The van der Waals surface area contributed by atoms with Crippen LogP contribution in [0.1, 0.15) is 5.56 Å². The molecule has 0 aliphatic heterocycles. The molecule has 1 aromatic rings. The average Bonchev–Trinajstić information content (AvgIpc) is 2.16. The highest BCUT2D eigenvalue weighted by atomic mass is 16.3. The van der Waals surface area contributed by atoms with E-state index in [9.17, 15) is 5.11 Å². The van der Waals surface area contributed by atoms with Crippen molar-refractivity contribution in [3.8, 4) is 0 Å². The predicted octanol–water partition coefficient (Wildman–Crippen LogP) is 1.90. The first-order chi connectivity index (χ1) is 6.33. The summed E-state index contributed by atoms with van der Waals surface area (Å²) < 4.78 is 0. The van der Waals surface area contributed by atoms with Crippen LogP contribution in [0.5, 0.6) is 0 Å². The van der Waals surface area contributed by atoms with E-state index in [1.165, 1.54) is 0 Å². The first kappa shape index (κ1) is 9.58. The van der Waals surface area contributed by atoms with Crippen LogP contribution in [0.2, 0.25) is 0 Å². The molecule has 4 nitrogen and oxygen atoms in total. The van der Waals surface area contributed by atoms with E-state index < -0.39 is 6.10 Å². The Kier molecular flexibility index (Phi) is 3.82. The van der Waals surface area contributed by atoms with E-state index in [0.717, 1.165) is 5.56 Å². The van der Waals surface area contributed by atoms with Crippen LogP contribution in [0.3, 0.4) is 0 Å². The number of azide groups is 1. The summed E-state index contributed by atoms with van der Waals surface area (Å²) in [6, 6.07) is 9.60. The fourth-order valence-corrected chi connectivity index (χ4v) is 1.08. The van der Waals surface area contributed by atoms with Gasteiger partial charge in [0.2, 0.25) is 0 Å². The van der Waals surface area contributed by atoms with Gasteiger partial charge in [0.25, 0.3) is 0 Å². The molecule has 1 atom stereocenters. The first-order valence-electron chi connectivity index (χ1n) is 4.06. The van der Waals surface area contributed by atoms with Crippen molar-refractivity contribution in [1.29, 1.82) is 0 Å². The number of rotatable bonds is 4. The smallest absolute Gasteiger partial charge is 0.0636 e. The van der Waals surface area contributed by atoms with Gasteiger partial charge in [-0.2, -0.15) is 0 Å². The van der Waals surface area contributed by atoms with Crippen molar-refractivity contribution in [2.45, 2.75) is 12.5 Å². The van der Waals surface area contributed by atoms with Crippen molar-refractivity contribution in [2.75, 3.05) is 6.54 Å². The predicted molar refractivity (Wildman–Crippen MR) is 50.2 cm³/mol. The fourth-order valence-electron chi connectivity index (χ4n) is 1.08. The van der Waals surface area contributed by atoms with Gasteiger partial charge < -0.3 is 5.11 Å². The molecule has 0 saturated carbocycles. The summed E-state index contributed by atoms with van der Waals surface area (Å²) in [5.41, 5.74) is 9.07. The highest BCUT2D eigenvalue weighted by Gasteiger charge is 2.02. The third-order valence-corrected chi connectivity index (χ3v) is 1.67. The monoisotopic (exact) mass is 177 g/mol. The fraction of sp³-hybridized carbons (Fsp3) is 0.333. The maximum absolute atomic E-state index is 9.37. The molecule has 0 spiro atoms. The Hall–Kier alpha value is -1.51. The molecule has 0 aliphatic rings. The number of aliphatic hydroxyl groups is 1. The summed E-state index contributed by atoms with van der Waals surface area (Å²) in [5, 5.41) is 12.7. The number of hydrogen-bond acceptors (Lipinski definition) is 2. The van der Waals surface area contributed by atoms with Gasteiger partial charge in [0.1, 0.15) is 0 Å². The van der Waals surface area contributed by atoms with Crippen LogP contribution < -0.4 is 0 Å². The normalized spacial score (nSPS) is 11.8. The second kappa shape index (κ2) is 5.19. The molecule has 1 rings (SSSR count). The van der Waals surface area contributed by atoms with Gasteiger partial charge in [-0.3, -0.25) is 0 Å². The third kappa shape index (κ3) is 3.60. The Bertz CT molecular complexity index is 293. The molecule has 0 saturated heterocycles. The molecule has 68 valence electrons. The Morgan fingerprint density at radius 3 is 2.69 bits per heavy atom. The van der Waals surface area contributed by atoms with E-state index in [4.69, 9.17) is 5.53 Å². The van der Waals surface area contributed by atoms with E-state index in [0.29, 0.717) is 6.42 Å². The minimum Gasteiger partial charge on any atom is -0.393 e. The molecule has 0 radical (unpaired) electrons. The Morgan fingerprint density at radius 1 is 1.38 bits per heavy atom. The summed E-state index contributed by atoms with van der Waals surface area (Å²) in [7, 11) is 0. The molecule has 0 amide bonds. The van der Waals surface area contributed by atoms with E-state index in [1.807, 2.05) is 30.3 Å². The summed E-state index contributed by atoms with van der Waals surface area (Å²) >= 11 is 0. The summed E-state index contributed by atoms with van der Waals surface area (Å²) in [6.45, 7) is 0.130. The summed E-state index contributed by atoms with van der Waals surface area (Å²) in [5.74, 6) is 0. The van der Waals surface area contributed by atoms with Gasteiger partial charge in [-0.05, 0) is 17.5 Å². The quantitative estimate of drug-likeness (QED) is 0.426. The number of hydrogen-bond donors (Lipinski definition) is 1. The molecule has 0 bridgehead atoms. The second-order valence-electron chi connectivity index (χ2n) is 2.76. The molecule has 1 N–H and O–H groups in total. The topological polar surface area (TPSA) is 69.0 Å². The maximum Gasteiger partial charge on any atom is 0.0636 e. The molecule has 13 heavy (non-hydrogen) atoms. The van der Waals surface area contributed by atoms with Gasteiger partial charge in [0.15, 0.2) is 0 Å². The minimum absolute atomic E-state index is 0.130. The van der Waals surface area contributed by atoms with Crippen molar-refractivity contribution in [2.24, 2.45) is 5.11 Å². The van der Waals surface area contributed by atoms with Crippen LogP contribution in [0.15, 0.2) is 35.4 Å². The summed E-state index contributed by atoms with van der Waals surface area (Å²) in [6.07, 6.45) is -0.0573. The third-order valence-electron chi connectivity index (χ3n) is 1.67. The number of aliphatic hydroxyl groups excluding tert-OH is 1. The van der Waals surface area contributed by atoms with E-state index in [1.54, 1.807) is 0 Å². The number of nitrogens with zero attached hydrogens (tertiary/aromatic N) is 3. The average molecular weight is 177 g/mol. The SMILES string of the molecule is [N-]=[N+]=NC[C@H](O)Cc1ccccc1. The van der Waals surface area contributed by atoms with Crippen LogP contribution in [0.4, 0.5) is 0 Å². The highest BCUT2D eigenvalue weighted by molar-refractivity contribution is 5.15. The van der Waals surface area contributed by atoms with Crippen LogP contribution in [-0.2, 0) is 6.42 Å². The zero-order chi connectivity index (χ0) is 9.52. The second-order valence-corrected chi connectivity index (χ2v) is 2.76. The van der Waals surface area contributed by atoms with Gasteiger partial charge in [0.05, 0.1) is 12.6 Å². The van der Waals surface area contributed by atoms with Gasteiger partial charge in [0, 0.05) is 4.91 Å². The van der Waals surface area contributed by atoms with Gasteiger partial charge in [-0.25, -0.2) is 0 Å². The highest BCUT2D eigenvalue weighted by Crippen LogP contribution is 2.02. The molecular weight excluding hydrogens is 166 g/mol. The van der Waals surface area contributed by atoms with Gasteiger partial charge in [-0.1, -0.05) is 35.4 Å². The molecule has 0 heterocycles. The van der Waals surface area contributed by atoms with E-state index in [2.05, 4.69) is 10.0 Å². The summed E-state index contributed by atoms with van der Waals surface area (Å²) in [4.78, 5) is 2.58. The number of benzene rings is 1. The lowest BCUT2D eigenvalue weighted by Crippen LogP contribution is -2.13. The van der Waals surface area contributed by atoms with Crippen LogP contribution in [-0.4, -0.2) is 17.8 Å². The molecule has 0 fully saturated rings. The first-order valence-corrected chi connectivity index (χ1v) is 4.06. The van der Waals surface area contributed by atoms with Crippen LogP contribution >= 0.6 is 0 Å². The van der Waals surface area contributed by atoms with Crippen molar-refractivity contribution in [3.05, 3.63) is 46.3 Å². The van der Waals surface area contributed by atoms with E-state index in [-0.39, 0.29) is 6.54 Å². The Labute approximate surface area is 76.5 Å². The van der Waals surface area contributed by atoms with Crippen LogP contribution in [0, 0.1) is 0 Å². The lowest BCUT2D eigenvalue weighted by Gasteiger charge is -2.06. The lowest BCUT2D eigenvalue weighted by atomic mass is 10.1. The van der Waals surface area contributed by atoms with Gasteiger partial charge in [-0.15, -0.1) is 0 Å². The van der Waals surface area contributed by atoms with Crippen molar-refractivity contribution in [3.63, 3.8) is 0 Å². The maximum atomic E-state index is 9.37. The van der Waals surface area contributed by atoms with Crippen LogP contribution in [0.25, 0.3) is 10.4 Å². The Balaban J connectivity index is 2.45. The Morgan fingerprint density at radius 2 is 2.08 bits per heavy atom. The zero-order valence-corrected chi connectivity index (χ0v) is 7.17. The molecule has 1 aromatic carbocycles. The largest absolute Gasteiger partial charge is 0.393 e. The molecule has 4 heteroatoms.